The summed E-state index contributed by atoms with van der Waals surface area (Å²) in [7, 11) is 2.58. The molecule has 6 rings (SSSR count). The van der Waals surface area contributed by atoms with Gasteiger partial charge in [-0.25, -0.2) is 19.6 Å². The van der Waals surface area contributed by atoms with Crippen LogP contribution >= 0.6 is 0 Å². The number of aromatic nitrogens is 4. The van der Waals surface area contributed by atoms with Crippen molar-refractivity contribution in [2.45, 2.75) is 77.5 Å². The van der Waals surface area contributed by atoms with Crippen molar-refractivity contribution in [3.63, 3.8) is 0 Å². The van der Waals surface area contributed by atoms with Crippen molar-refractivity contribution in [1.82, 2.24) is 40.4 Å². The van der Waals surface area contributed by atoms with Crippen molar-refractivity contribution in [3.05, 3.63) is 72.4 Å². The maximum Gasteiger partial charge on any atom is 0.407 e. The van der Waals surface area contributed by atoms with E-state index in [0.29, 0.717) is 13.1 Å². The van der Waals surface area contributed by atoms with Crippen LogP contribution in [0.4, 0.5) is 9.59 Å². The summed E-state index contributed by atoms with van der Waals surface area (Å²) in [5.74, 6) is 0.967. The molecule has 4 N–H and O–H groups in total. The molecule has 4 heterocycles. The van der Waals surface area contributed by atoms with E-state index in [-0.39, 0.29) is 35.7 Å². The van der Waals surface area contributed by atoms with E-state index in [1.54, 1.807) is 17.3 Å². The lowest BCUT2D eigenvalue weighted by molar-refractivity contribution is -0.136. The van der Waals surface area contributed by atoms with Crippen molar-refractivity contribution < 1.29 is 28.7 Å². The Bertz CT molecular complexity index is 1800. The summed E-state index contributed by atoms with van der Waals surface area (Å²) in [6, 6.07) is 14.7. The first-order chi connectivity index (χ1) is 26.0. The lowest BCUT2D eigenvalue weighted by Gasteiger charge is -2.30. The van der Waals surface area contributed by atoms with Crippen molar-refractivity contribution in [3.8, 4) is 33.8 Å². The molecule has 4 atom stereocenters. The minimum Gasteiger partial charge on any atom is -0.453 e. The molecule has 54 heavy (non-hydrogen) atoms. The summed E-state index contributed by atoms with van der Waals surface area (Å²) in [6.07, 6.45) is 5.64. The van der Waals surface area contributed by atoms with Gasteiger partial charge >= 0.3 is 12.2 Å². The summed E-state index contributed by atoms with van der Waals surface area (Å²) in [5.41, 5.74) is 5.72. The molecule has 2 aromatic heterocycles. The average molecular weight is 739 g/mol. The minimum absolute atomic E-state index is 0.0993. The fourth-order valence-corrected chi connectivity index (χ4v) is 7.39. The number of amides is 4. The number of likely N-dealkylation sites (tertiary alicyclic amines) is 2. The van der Waals surface area contributed by atoms with E-state index in [1.807, 2.05) is 56.9 Å². The van der Waals surface area contributed by atoms with Crippen LogP contribution in [0, 0.1) is 11.8 Å². The fraction of sp³-hybridized carbons (Fsp3) is 0.450. The third-order valence-corrected chi connectivity index (χ3v) is 10.4. The number of ether oxygens (including phenoxy) is 2. The van der Waals surface area contributed by atoms with E-state index in [1.165, 1.54) is 14.2 Å². The predicted octanol–water partition coefficient (Wildman–Crippen LogP) is 6.22. The molecule has 0 spiro atoms. The molecule has 4 unspecified atom stereocenters. The van der Waals surface area contributed by atoms with Gasteiger partial charge in [0.25, 0.3) is 0 Å². The van der Waals surface area contributed by atoms with Crippen molar-refractivity contribution in [2.24, 2.45) is 11.8 Å². The topological polar surface area (TPSA) is 175 Å². The Labute approximate surface area is 315 Å². The number of nitrogens with one attached hydrogen (secondary N) is 4. The maximum atomic E-state index is 13.5. The molecule has 0 aliphatic carbocycles. The second kappa shape index (κ2) is 16.6. The van der Waals surface area contributed by atoms with Crippen molar-refractivity contribution >= 4 is 24.0 Å². The number of aromatic amines is 2. The predicted molar refractivity (Wildman–Crippen MR) is 203 cm³/mol. The van der Waals surface area contributed by atoms with Crippen molar-refractivity contribution in [1.29, 1.82) is 0 Å². The average Bonchev–Trinajstić information content (AvgIpc) is 4.02. The Hall–Kier alpha value is -5.66. The molecule has 14 nitrogen and oxygen atoms in total. The highest BCUT2D eigenvalue weighted by atomic mass is 16.5. The third-order valence-electron chi connectivity index (χ3n) is 10.4. The Balaban J connectivity index is 1.11. The lowest BCUT2D eigenvalue weighted by Crippen LogP contribution is -2.51. The van der Waals surface area contributed by atoms with Gasteiger partial charge in [-0.05, 0) is 54.2 Å². The molecular formula is C40H50N8O6. The van der Waals surface area contributed by atoms with Crippen LogP contribution in [0.2, 0.25) is 0 Å². The number of rotatable bonds is 11. The number of imidazole rings is 2. The number of H-pyrrole nitrogens is 2. The van der Waals surface area contributed by atoms with Crippen LogP contribution in [-0.4, -0.2) is 93.1 Å². The number of methoxy groups -OCH3 is 2. The first-order valence-electron chi connectivity index (χ1n) is 18.6. The van der Waals surface area contributed by atoms with Crippen LogP contribution in [0.5, 0.6) is 0 Å². The standard InChI is InChI=1S/C40H50N8O6/c1-23(2)33(45-39(51)53-5)37(49)47-19-7-9-31(47)30-22-41-35(44-30)28-17-13-26(14-18-28)25-11-15-27(16-12-25)29-21-42-36(43-29)32-10-8-20-48(32)38(50)34(24(3)4)46-40(52)54-6/h11-18,21-24,31-34H,7-10,19-20H2,1-6H3,(H,41,44)(H,42,43)(H,45,51)(H,46,52). The summed E-state index contributed by atoms with van der Waals surface area (Å²) >= 11 is 0. The van der Waals surface area contributed by atoms with E-state index < -0.39 is 24.3 Å². The molecule has 2 aromatic carbocycles. The maximum absolute atomic E-state index is 13.5. The van der Waals surface area contributed by atoms with E-state index in [4.69, 9.17) is 9.47 Å². The first-order valence-corrected chi connectivity index (χ1v) is 18.6. The number of carbonyl (C=O) groups excluding carboxylic acids is 4. The normalized spacial score (nSPS) is 18.1. The zero-order valence-corrected chi connectivity index (χ0v) is 31.7. The summed E-state index contributed by atoms with van der Waals surface area (Å²) in [6.45, 7) is 8.80. The Kier molecular flexibility index (Phi) is 11.7. The number of nitrogens with zero attached hydrogens (tertiary/aromatic N) is 4. The van der Waals surface area contributed by atoms with Crippen molar-refractivity contribution in [2.75, 3.05) is 27.3 Å². The molecule has 286 valence electrons. The van der Waals surface area contributed by atoms with Gasteiger partial charge in [0, 0.05) is 18.7 Å². The van der Waals surface area contributed by atoms with E-state index in [9.17, 15) is 19.2 Å². The summed E-state index contributed by atoms with van der Waals surface area (Å²) in [5, 5.41) is 5.39. The third kappa shape index (κ3) is 8.12. The van der Waals surface area contributed by atoms with Gasteiger partial charge in [0.15, 0.2) is 0 Å². The van der Waals surface area contributed by atoms with Crippen LogP contribution in [0.25, 0.3) is 33.8 Å². The number of hydrogen-bond acceptors (Lipinski definition) is 8. The summed E-state index contributed by atoms with van der Waals surface area (Å²) < 4.78 is 9.50. The highest BCUT2D eigenvalue weighted by Gasteiger charge is 2.38. The minimum atomic E-state index is -0.687. The number of benzene rings is 2. The van der Waals surface area contributed by atoms with Gasteiger partial charge < -0.3 is 39.9 Å². The number of carbonyl (C=O) groups is 4. The van der Waals surface area contributed by atoms with E-state index in [0.717, 1.165) is 71.0 Å². The van der Waals surface area contributed by atoms with Gasteiger partial charge in [0.05, 0.1) is 50.1 Å². The molecule has 14 heteroatoms. The second-order valence-electron chi connectivity index (χ2n) is 14.6. The molecule has 2 fully saturated rings. The molecule has 0 radical (unpaired) electrons. The molecule has 0 saturated carbocycles. The lowest BCUT2D eigenvalue weighted by atomic mass is 10.0. The molecule has 4 aromatic rings. The highest BCUT2D eigenvalue weighted by Crippen LogP contribution is 2.35. The van der Waals surface area contributed by atoms with E-state index in [2.05, 4.69) is 54.8 Å². The van der Waals surface area contributed by atoms with Gasteiger partial charge in [-0.1, -0.05) is 76.2 Å². The Morgan fingerprint density at radius 1 is 0.667 bits per heavy atom. The Morgan fingerprint density at radius 3 is 1.67 bits per heavy atom. The van der Waals surface area contributed by atoms with Gasteiger partial charge in [0.1, 0.15) is 23.7 Å². The number of hydrogen-bond donors (Lipinski definition) is 4. The first kappa shape index (κ1) is 38.1. The molecule has 2 aliphatic heterocycles. The van der Waals surface area contributed by atoms with Gasteiger partial charge in [-0.15, -0.1) is 0 Å². The van der Waals surface area contributed by atoms with E-state index >= 15 is 0 Å². The SMILES string of the molecule is COC(=O)NC(C(=O)N1CCCC1c1cnc(-c2ccc(-c3ccc(-c4cnc(C5CCCN5C(=O)C(NC(=O)OC)C(C)C)[nH]4)cc3)cc2)[nH]1)C(C)C. The Morgan fingerprint density at radius 2 is 1.15 bits per heavy atom. The van der Waals surface area contributed by atoms with Crippen LogP contribution in [0.3, 0.4) is 0 Å². The van der Waals surface area contributed by atoms with Gasteiger partial charge in [-0.2, -0.15) is 0 Å². The zero-order valence-electron chi connectivity index (χ0n) is 31.7. The zero-order chi connectivity index (χ0) is 38.5. The van der Waals surface area contributed by atoms with Crippen LogP contribution in [0.15, 0.2) is 60.9 Å². The number of alkyl carbamates (subject to hydrolysis) is 2. The van der Waals surface area contributed by atoms with Crippen LogP contribution in [-0.2, 0) is 19.1 Å². The highest BCUT2D eigenvalue weighted by molar-refractivity contribution is 5.87. The van der Waals surface area contributed by atoms with Crippen LogP contribution < -0.4 is 10.6 Å². The fourth-order valence-electron chi connectivity index (χ4n) is 7.39. The van der Waals surface area contributed by atoms with Gasteiger partial charge in [0.2, 0.25) is 11.8 Å². The molecule has 4 amide bonds. The second-order valence-corrected chi connectivity index (χ2v) is 14.6. The molecular weight excluding hydrogens is 688 g/mol. The van der Waals surface area contributed by atoms with Gasteiger partial charge in [-0.3, -0.25) is 9.59 Å². The molecule has 0 bridgehead atoms. The molecule has 2 saturated heterocycles. The molecule has 2 aliphatic rings. The monoisotopic (exact) mass is 738 g/mol. The van der Waals surface area contributed by atoms with Crippen LogP contribution in [0.1, 0.15) is 77.0 Å². The quantitative estimate of drug-likeness (QED) is 0.140. The summed E-state index contributed by atoms with van der Waals surface area (Å²) in [4.78, 5) is 70.7. The largest absolute Gasteiger partial charge is 0.453 e. The smallest absolute Gasteiger partial charge is 0.407 e.